The molecule has 2 aromatic carbocycles. The molecule has 0 spiro atoms. The molecule has 5 aromatic rings. The van der Waals surface area contributed by atoms with Crippen LogP contribution >= 0.6 is 0 Å². The Hall–Kier alpha value is -4.44. The number of halogens is 1. The lowest BCUT2D eigenvalue weighted by Gasteiger charge is -2.25. The molecule has 0 radical (unpaired) electrons. The molecule has 3 heterocycles. The van der Waals surface area contributed by atoms with Crippen molar-refractivity contribution in [1.82, 2.24) is 15.0 Å². The number of fused-ring (bicyclic) bond motifs is 1. The van der Waals surface area contributed by atoms with Crippen LogP contribution in [0, 0.1) is 5.82 Å². The van der Waals surface area contributed by atoms with Crippen molar-refractivity contribution in [3.8, 4) is 33.9 Å². The number of rotatable bonds is 9. The van der Waals surface area contributed by atoms with Crippen LogP contribution in [0.3, 0.4) is 0 Å². The number of sulfonamides is 1. The molecule has 0 fully saturated rings. The summed E-state index contributed by atoms with van der Waals surface area (Å²) in [5.41, 5.74) is 3.89. The number of benzene rings is 2. The highest BCUT2D eigenvalue weighted by molar-refractivity contribution is 7.92. The number of methoxy groups -OCH3 is 2. The summed E-state index contributed by atoms with van der Waals surface area (Å²) >= 11 is 0. The Morgan fingerprint density at radius 3 is 2.36 bits per heavy atom. The average Bonchev–Trinajstić information content (AvgIpc) is 3.39. The standard InChI is InChI=1S/C29H27FN4O4S/c1-4-15-34(39(35,36)23-11-7-21(30)8-12-23)29-27(38-3)14-13-26(33-29)20-16-24-25(18-32-28(24)31-17-20)19-5-9-22(37-2)10-6-19/h5-14,16-18H,4,15H2,1-3H3,(H,31,32). The number of hydrogen-bond donors (Lipinski definition) is 1. The van der Waals surface area contributed by atoms with Crippen molar-refractivity contribution < 1.29 is 22.3 Å². The Morgan fingerprint density at radius 1 is 0.949 bits per heavy atom. The van der Waals surface area contributed by atoms with E-state index in [9.17, 15) is 12.8 Å². The fourth-order valence-electron chi connectivity index (χ4n) is 4.36. The highest BCUT2D eigenvalue weighted by atomic mass is 32.2. The molecule has 0 aliphatic rings. The first-order valence-corrected chi connectivity index (χ1v) is 13.7. The van der Waals surface area contributed by atoms with E-state index in [2.05, 4.69) is 9.97 Å². The van der Waals surface area contributed by atoms with Crippen molar-refractivity contribution in [2.75, 3.05) is 25.1 Å². The minimum atomic E-state index is -4.05. The van der Waals surface area contributed by atoms with Crippen LogP contribution in [0.1, 0.15) is 13.3 Å². The third kappa shape index (κ3) is 5.03. The van der Waals surface area contributed by atoms with Gasteiger partial charge in [0.25, 0.3) is 10.0 Å². The Morgan fingerprint density at radius 2 is 1.69 bits per heavy atom. The smallest absolute Gasteiger partial charge is 0.265 e. The summed E-state index contributed by atoms with van der Waals surface area (Å²) in [6.45, 7) is 2.02. The maximum absolute atomic E-state index is 13.6. The predicted octanol–water partition coefficient (Wildman–Crippen LogP) is 6.05. The van der Waals surface area contributed by atoms with Gasteiger partial charge in [-0.05, 0) is 66.6 Å². The third-order valence-electron chi connectivity index (χ3n) is 6.35. The molecule has 0 saturated carbocycles. The SMILES string of the molecule is CCCN(c1nc(-c2cnc3[nH]cc(-c4ccc(OC)cc4)c3c2)ccc1OC)S(=O)(=O)c1ccc(F)cc1. The van der Waals surface area contributed by atoms with Crippen molar-refractivity contribution in [3.05, 3.63) is 84.9 Å². The molecule has 8 nitrogen and oxygen atoms in total. The molecule has 0 amide bonds. The molecule has 3 aromatic heterocycles. The molecule has 1 N–H and O–H groups in total. The van der Waals surface area contributed by atoms with Gasteiger partial charge in [0.05, 0.1) is 24.8 Å². The molecule has 0 atom stereocenters. The average molecular weight is 547 g/mol. The second-order valence-electron chi connectivity index (χ2n) is 8.80. The van der Waals surface area contributed by atoms with Crippen molar-refractivity contribution in [3.63, 3.8) is 0 Å². The monoisotopic (exact) mass is 546 g/mol. The van der Waals surface area contributed by atoms with Crippen LogP contribution < -0.4 is 13.8 Å². The molecule has 0 saturated heterocycles. The van der Waals surface area contributed by atoms with E-state index in [1.54, 1.807) is 25.4 Å². The first-order chi connectivity index (χ1) is 18.8. The largest absolute Gasteiger partial charge is 0.497 e. The van der Waals surface area contributed by atoms with Crippen LogP contribution in [0.25, 0.3) is 33.4 Å². The second-order valence-corrected chi connectivity index (χ2v) is 10.7. The fourth-order valence-corrected chi connectivity index (χ4v) is 5.88. The number of ether oxygens (including phenoxy) is 2. The summed E-state index contributed by atoms with van der Waals surface area (Å²) < 4.78 is 52.7. The zero-order valence-corrected chi connectivity index (χ0v) is 22.5. The highest BCUT2D eigenvalue weighted by Gasteiger charge is 2.28. The second kappa shape index (κ2) is 10.7. The molecule has 0 bridgehead atoms. The number of anilines is 1. The third-order valence-corrected chi connectivity index (χ3v) is 8.16. The molecule has 0 aliphatic carbocycles. The van der Waals surface area contributed by atoms with Gasteiger partial charge in [-0.2, -0.15) is 0 Å². The summed E-state index contributed by atoms with van der Waals surface area (Å²) in [6.07, 6.45) is 4.11. The van der Waals surface area contributed by atoms with Crippen LogP contribution in [0.4, 0.5) is 10.2 Å². The van der Waals surface area contributed by atoms with E-state index in [1.165, 1.54) is 23.5 Å². The van der Waals surface area contributed by atoms with Crippen molar-refractivity contribution in [2.45, 2.75) is 18.2 Å². The molecule has 200 valence electrons. The maximum atomic E-state index is 13.6. The summed E-state index contributed by atoms with van der Waals surface area (Å²) in [5, 5.41) is 0.890. The van der Waals surface area contributed by atoms with E-state index in [4.69, 9.17) is 14.5 Å². The number of pyridine rings is 2. The summed E-state index contributed by atoms with van der Waals surface area (Å²) in [7, 11) is -0.959. The van der Waals surface area contributed by atoms with Gasteiger partial charge >= 0.3 is 0 Å². The summed E-state index contributed by atoms with van der Waals surface area (Å²) in [4.78, 5) is 12.5. The van der Waals surface area contributed by atoms with Gasteiger partial charge in [-0.25, -0.2) is 27.1 Å². The minimum Gasteiger partial charge on any atom is -0.497 e. The van der Waals surface area contributed by atoms with Crippen molar-refractivity contribution >= 4 is 26.9 Å². The minimum absolute atomic E-state index is 0.0360. The first-order valence-electron chi connectivity index (χ1n) is 12.3. The van der Waals surface area contributed by atoms with E-state index in [-0.39, 0.29) is 17.3 Å². The molecule has 5 rings (SSSR count). The lowest BCUT2D eigenvalue weighted by atomic mass is 10.0. The van der Waals surface area contributed by atoms with Gasteiger partial charge in [0.15, 0.2) is 11.6 Å². The van der Waals surface area contributed by atoms with Crippen molar-refractivity contribution in [2.24, 2.45) is 0 Å². The van der Waals surface area contributed by atoms with Gasteiger partial charge in [-0.1, -0.05) is 19.1 Å². The lowest BCUT2D eigenvalue weighted by Crippen LogP contribution is -2.33. The lowest BCUT2D eigenvalue weighted by molar-refractivity contribution is 0.413. The topological polar surface area (TPSA) is 97.4 Å². The molecule has 0 unspecified atom stereocenters. The van der Waals surface area contributed by atoms with Crippen LogP contribution in [-0.4, -0.2) is 44.1 Å². The summed E-state index contributed by atoms with van der Waals surface area (Å²) in [6, 6.07) is 17.9. The number of aromatic nitrogens is 3. The number of hydrogen-bond acceptors (Lipinski definition) is 6. The van der Waals surface area contributed by atoms with E-state index >= 15 is 0 Å². The fraction of sp³-hybridized carbons (Fsp3) is 0.172. The van der Waals surface area contributed by atoms with Crippen LogP contribution in [0.5, 0.6) is 11.5 Å². The first kappa shape index (κ1) is 26.2. The van der Waals surface area contributed by atoms with Gasteiger partial charge in [0, 0.05) is 35.5 Å². The summed E-state index contributed by atoms with van der Waals surface area (Å²) in [5.74, 6) is 0.688. The Bertz CT molecular complexity index is 1720. The molecule has 0 aliphatic heterocycles. The predicted molar refractivity (Wildman–Crippen MR) is 149 cm³/mol. The normalized spacial score (nSPS) is 11.5. The number of H-pyrrole nitrogens is 1. The van der Waals surface area contributed by atoms with Gasteiger partial charge in [-0.15, -0.1) is 0 Å². The quantitative estimate of drug-likeness (QED) is 0.242. The van der Waals surface area contributed by atoms with Crippen LogP contribution in [0.2, 0.25) is 0 Å². The zero-order chi connectivity index (χ0) is 27.6. The number of aromatic amines is 1. The van der Waals surface area contributed by atoms with E-state index in [1.807, 2.05) is 43.5 Å². The molecule has 39 heavy (non-hydrogen) atoms. The zero-order valence-electron chi connectivity index (χ0n) is 21.7. The molecular formula is C29H27FN4O4S. The Kier molecular flexibility index (Phi) is 7.21. The number of nitrogens with zero attached hydrogens (tertiary/aromatic N) is 3. The molecule has 10 heteroatoms. The van der Waals surface area contributed by atoms with Crippen molar-refractivity contribution in [1.29, 1.82) is 0 Å². The molecular weight excluding hydrogens is 519 g/mol. The van der Waals surface area contributed by atoms with Gasteiger partial charge < -0.3 is 14.5 Å². The van der Waals surface area contributed by atoms with Gasteiger partial charge in [0.1, 0.15) is 17.2 Å². The van der Waals surface area contributed by atoms with E-state index in [0.717, 1.165) is 34.4 Å². The van der Waals surface area contributed by atoms with E-state index in [0.29, 0.717) is 29.1 Å². The van der Waals surface area contributed by atoms with Crippen LogP contribution in [0.15, 0.2) is 84.0 Å². The Labute approximate surface area is 226 Å². The Balaban J connectivity index is 1.60. The van der Waals surface area contributed by atoms with Gasteiger partial charge in [-0.3, -0.25) is 0 Å². The highest BCUT2D eigenvalue weighted by Crippen LogP contribution is 2.35. The van der Waals surface area contributed by atoms with Gasteiger partial charge in [0.2, 0.25) is 0 Å². The van der Waals surface area contributed by atoms with Crippen LogP contribution in [-0.2, 0) is 10.0 Å². The van der Waals surface area contributed by atoms with E-state index < -0.39 is 15.8 Å². The maximum Gasteiger partial charge on any atom is 0.265 e. The number of nitrogens with one attached hydrogen (secondary N) is 1.